The lowest BCUT2D eigenvalue weighted by atomic mass is 9.73. The van der Waals surface area contributed by atoms with Gasteiger partial charge in [-0.1, -0.05) is 19.8 Å². The van der Waals surface area contributed by atoms with Gasteiger partial charge >= 0.3 is 6.18 Å². The Balaban J connectivity index is 1.35. The molecule has 1 amide bonds. The van der Waals surface area contributed by atoms with E-state index in [9.17, 15) is 18.0 Å². The predicted molar refractivity (Wildman–Crippen MR) is 90.5 cm³/mol. The summed E-state index contributed by atoms with van der Waals surface area (Å²) in [6.07, 6.45) is 1.29. The molecule has 0 aromatic rings. The Hall–Kier alpha value is -0.820. The molecule has 4 rings (SSSR count). The highest BCUT2D eigenvalue weighted by Gasteiger charge is 2.62. The van der Waals surface area contributed by atoms with Crippen molar-refractivity contribution in [3.05, 3.63) is 0 Å². The first-order valence-corrected chi connectivity index (χ1v) is 9.96. The minimum absolute atomic E-state index is 0.0485. The normalized spacial score (nSPS) is 38.7. The van der Waals surface area contributed by atoms with E-state index < -0.39 is 12.6 Å². The van der Waals surface area contributed by atoms with Crippen molar-refractivity contribution in [3.8, 4) is 0 Å². The molecule has 4 atom stereocenters. The van der Waals surface area contributed by atoms with Crippen molar-refractivity contribution in [3.63, 3.8) is 0 Å². The molecule has 0 aromatic heterocycles. The highest BCUT2D eigenvalue weighted by molar-refractivity contribution is 5.82. The summed E-state index contributed by atoms with van der Waals surface area (Å²) in [6.45, 7) is 3.95. The summed E-state index contributed by atoms with van der Waals surface area (Å²) < 4.78 is 43.9. The summed E-state index contributed by atoms with van der Waals surface area (Å²) in [5.74, 6) is 0.610. The van der Waals surface area contributed by atoms with Gasteiger partial charge in [-0.05, 0) is 25.7 Å². The maximum absolute atomic E-state index is 12.6. The number of hydrogen-bond donors (Lipinski definition) is 1. The number of carbonyl (C=O) groups excluding carboxylic acids is 1. The molecule has 26 heavy (non-hydrogen) atoms. The molecule has 0 radical (unpaired) electrons. The topological polar surface area (TPSA) is 41.6 Å². The summed E-state index contributed by atoms with van der Waals surface area (Å²) in [4.78, 5) is 14.5. The maximum Gasteiger partial charge on any atom is 0.390 e. The number of nitrogens with one attached hydrogen (secondary N) is 1. The average Bonchev–Trinajstić information content (AvgIpc) is 3.30. The van der Waals surface area contributed by atoms with Crippen molar-refractivity contribution in [1.29, 1.82) is 0 Å². The fourth-order valence-corrected chi connectivity index (χ4v) is 5.82. The van der Waals surface area contributed by atoms with Crippen molar-refractivity contribution in [2.24, 2.45) is 17.3 Å². The fraction of sp³-hybridized carbons (Fsp3) is 0.947. The number of likely N-dealkylation sites (tertiary alicyclic amines) is 1. The van der Waals surface area contributed by atoms with Gasteiger partial charge in [0.1, 0.15) is 0 Å². The third-order valence-corrected chi connectivity index (χ3v) is 7.32. The van der Waals surface area contributed by atoms with Crippen molar-refractivity contribution in [2.45, 2.75) is 69.8 Å². The van der Waals surface area contributed by atoms with Crippen LogP contribution in [0.3, 0.4) is 0 Å². The van der Waals surface area contributed by atoms with E-state index in [1.807, 2.05) is 11.8 Å². The Morgan fingerprint density at radius 1 is 1.27 bits per heavy atom. The summed E-state index contributed by atoms with van der Waals surface area (Å²) >= 11 is 0. The number of rotatable bonds is 5. The number of hydrogen-bond acceptors (Lipinski definition) is 3. The standard InChI is InChI=1S/C19H29F3N2O2/c1-17(5-2-3-6-17)16(25)23-10-13-14-11-24(9-8-19(20,21)22)12-18(14)7-4-15(13)26-18/h13-15H,2-12H2,1H3,(H,23,25)/t13-,14+,15+,18+/m0/s1. The Kier molecular flexibility index (Phi) is 4.54. The average molecular weight is 374 g/mol. The molecule has 4 aliphatic rings. The van der Waals surface area contributed by atoms with Crippen LogP contribution in [-0.2, 0) is 9.53 Å². The fourth-order valence-electron chi connectivity index (χ4n) is 5.82. The van der Waals surface area contributed by atoms with Gasteiger partial charge in [-0.2, -0.15) is 13.2 Å². The molecule has 4 nitrogen and oxygen atoms in total. The number of nitrogens with zero attached hydrogens (tertiary/aromatic N) is 1. The maximum atomic E-state index is 12.6. The minimum Gasteiger partial charge on any atom is -0.370 e. The quantitative estimate of drug-likeness (QED) is 0.804. The van der Waals surface area contributed by atoms with Crippen LogP contribution in [0.5, 0.6) is 0 Å². The van der Waals surface area contributed by atoms with Gasteiger partial charge in [-0.15, -0.1) is 0 Å². The van der Waals surface area contributed by atoms with Gasteiger partial charge < -0.3 is 10.1 Å². The highest BCUT2D eigenvalue weighted by atomic mass is 19.4. The molecule has 148 valence electrons. The van der Waals surface area contributed by atoms with Gasteiger partial charge in [0.05, 0.1) is 18.1 Å². The van der Waals surface area contributed by atoms with Gasteiger partial charge in [-0.3, -0.25) is 9.69 Å². The Bertz CT molecular complexity index is 561. The third-order valence-electron chi connectivity index (χ3n) is 7.32. The van der Waals surface area contributed by atoms with Crippen LogP contribution in [0.15, 0.2) is 0 Å². The first-order valence-electron chi connectivity index (χ1n) is 9.96. The van der Waals surface area contributed by atoms with Gasteiger partial charge in [0.25, 0.3) is 0 Å². The molecule has 4 fully saturated rings. The van der Waals surface area contributed by atoms with Crippen molar-refractivity contribution in [1.82, 2.24) is 10.2 Å². The second-order valence-electron chi connectivity index (χ2n) is 9.11. The van der Waals surface area contributed by atoms with Crippen LogP contribution in [0, 0.1) is 17.3 Å². The molecule has 1 aliphatic carbocycles. The summed E-state index contributed by atoms with van der Waals surface area (Å²) in [7, 11) is 0. The molecular formula is C19H29F3N2O2. The Morgan fingerprint density at radius 2 is 2.00 bits per heavy atom. The van der Waals surface area contributed by atoms with Crippen molar-refractivity contribution < 1.29 is 22.7 Å². The molecule has 2 bridgehead atoms. The second kappa shape index (κ2) is 6.36. The number of fused-ring (bicyclic) bond motifs is 1. The molecule has 3 heterocycles. The lowest BCUT2D eigenvalue weighted by molar-refractivity contribution is -0.138. The van der Waals surface area contributed by atoms with E-state index in [4.69, 9.17) is 4.74 Å². The van der Waals surface area contributed by atoms with E-state index in [1.165, 1.54) is 0 Å². The van der Waals surface area contributed by atoms with Gasteiger partial charge in [0.2, 0.25) is 5.91 Å². The molecule has 1 N–H and O–H groups in total. The smallest absolute Gasteiger partial charge is 0.370 e. The van der Waals surface area contributed by atoms with Crippen molar-refractivity contribution >= 4 is 5.91 Å². The highest BCUT2D eigenvalue weighted by Crippen LogP contribution is 2.54. The molecule has 3 saturated heterocycles. The van der Waals surface area contributed by atoms with E-state index in [-0.39, 0.29) is 41.4 Å². The zero-order valence-corrected chi connectivity index (χ0v) is 15.4. The van der Waals surface area contributed by atoms with Crippen LogP contribution >= 0.6 is 0 Å². The monoisotopic (exact) mass is 374 g/mol. The van der Waals surface area contributed by atoms with E-state index in [0.717, 1.165) is 38.5 Å². The number of carbonyl (C=O) groups is 1. The first kappa shape index (κ1) is 18.5. The second-order valence-corrected chi connectivity index (χ2v) is 9.11. The van der Waals surface area contributed by atoms with E-state index in [0.29, 0.717) is 19.6 Å². The van der Waals surface area contributed by atoms with Gasteiger partial charge in [0.15, 0.2) is 0 Å². The van der Waals surface area contributed by atoms with E-state index in [2.05, 4.69) is 5.32 Å². The van der Waals surface area contributed by atoms with Crippen LogP contribution < -0.4 is 5.32 Å². The van der Waals surface area contributed by atoms with Crippen LogP contribution in [0.1, 0.15) is 51.9 Å². The number of amides is 1. The molecule has 3 aliphatic heterocycles. The molecule has 0 unspecified atom stereocenters. The largest absolute Gasteiger partial charge is 0.390 e. The van der Waals surface area contributed by atoms with Gasteiger partial charge in [-0.25, -0.2) is 0 Å². The van der Waals surface area contributed by atoms with Crippen LogP contribution in [-0.4, -0.2) is 54.9 Å². The number of halogens is 3. The SMILES string of the molecule is CC1(C(=O)NC[C@H]2[C@H]3CN(CCC(F)(F)F)C[C@]34CC[C@H]2O4)CCCC1. The summed E-state index contributed by atoms with van der Waals surface area (Å²) in [5.41, 5.74) is -0.520. The first-order chi connectivity index (χ1) is 12.2. The van der Waals surface area contributed by atoms with Gasteiger partial charge in [0, 0.05) is 43.4 Å². The van der Waals surface area contributed by atoms with E-state index in [1.54, 1.807) is 0 Å². The molecule has 7 heteroatoms. The van der Waals surface area contributed by atoms with Crippen molar-refractivity contribution in [2.75, 3.05) is 26.2 Å². The lowest BCUT2D eigenvalue weighted by Crippen LogP contribution is -2.45. The third kappa shape index (κ3) is 3.26. The summed E-state index contributed by atoms with van der Waals surface area (Å²) in [5, 5.41) is 3.15. The lowest BCUT2D eigenvalue weighted by Gasteiger charge is -2.31. The predicted octanol–water partition coefficient (Wildman–Crippen LogP) is 3.11. The minimum atomic E-state index is -4.11. The zero-order chi connectivity index (χ0) is 18.6. The van der Waals surface area contributed by atoms with Crippen LogP contribution in [0.4, 0.5) is 13.2 Å². The summed E-state index contributed by atoms with van der Waals surface area (Å²) in [6, 6.07) is 0. The molecule has 0 aromatic carbocycles. The number of alkyl halides is 3. The van der Waals surface area contributed by atoms with E-state index >= 15 is 0 Å². The Labute approximate surface area is 152 Å². The zero-order valence-electron chi connectivity index (χ0n) is 15.4. The number of ether oxygens (including phenoxy) is 1. The molecular weight excluding hydrogens is 345 g/mol. The van der Waals surface area contributed by atoms with Crippen LogP contribution in [0.2, 0.25) is 0 Å². The molecule has 1 spiro atoms. The van der Waals surface area contributed by atoms with Crippen LogP contribution in [0.25, 0.3) is 0 Å². The Morgan fingerprint density at radius 3 is 2.69 bits per heavy atom. The molecule has 1 saturated carbocycles.